The highest BCUT2D eigenvalue weighted by atomic mass is 79.9. The number of hydrogen-bond donors (Lipinski definition) is 0. The molecule has 0 bridgehead atoms. The van der Waals surface area contributed by atoms with Crippen LogP contribution in [0.3, 0.4) is 0 Å². The summed E-state index contributed by atoms with van der Waals surface area (Å²) >= 11 is 8.68. The zero-order valence-corrected chi connectivity index (χ0v) is 10.7. The molecule has 0 heterocycles. The Hall–Kier alpha value is -0.740. The van der Waals surface area contributed by atoms with Crippen molar-refractivity contribution in [3.05, 3.63) is 22.2 Å². The zero-order chi connectivity index (χ0) is 11.4. The molecule has 1 rings (SSSR count). The van der Waals surface area contributed by atoms with E-state index in [0.717, 1.165) is 0 Å². The summed E-state index contributed by atoms with van der Waals surface area (Å²) in [6.07, 6.45) is 0. The van der Waals surface area contributed by atoms with Crippen molar-refractivity contribution < 1.29 is 14.3 Å². The summed E-state index contributed by atoms with van der Waals surface area (Å²) in [5.41, 5.74) is 0.362. The van der Waals surface area contributed by atoms with Crippen LogP contribution in [0.25, 0.3) is 0 Å². The third-order valence-electron chi connectivity index (χ3n) is 1.78. The van der Waals surface area contributed by atoms with Gasteiger partial charge in [-0.15, -0.1) is 0 Å². The summed E-state index contributed by atoms with van der Waals surface area (Å²) in [5, 5.41) is -0.537. The zero-order valence-electron chi connectivity index (χ0n) is 8.34. The molecule has 0 spiro atoms. The molecule has 0 atom stereocenters. The molecule has 5 heteroatoms. The average molecular weight is 294 g/mol. The number of hydrogen-bond acceptors (Lipinski definition) is 3. The third-order valence-corrected chi connectivity index (χ3v) is 2.77. The van der Waals surface area contributed by atoms with Gasteiger partial charge in [0, 0.05) is 0 Å². The van der Waals surface area contributed by atoms with Crippen LogP contribution in [0.5, 0.6) is 11.5 Å². The topological polar surface area (TPSA) is 35.5 Å². The summed E-state index contributed by atoms with van der Waals surface area (Å²) in [6.45, 7) is 2.33. The van der Waals surface area contributed by atoms with E-state index in [-0.39, 0.29) is 0 Å². The molecule has 0 aliphatic carbocycles. The SMILES string of the molecule is CCOc1c(OC)ccc(C(=O)Cl)c1Br. The van der Waals surface area contributed by atoms with Gasteiger partial charge in [-0.3, -0.25) is 4.79 Å². The first-order valence-corrected chi connectivity index (χ1v) is 5.48. The van der Waals surface area contributed by atoms with Gasteiger partial charge in [-0.25, -0.2) is 0 Å². The van der Waals surface area contributed by atoms with Crippen LogP contribution >= 0.6 is 27.5 Å². The van der Waals surface area contributed by atoms with Gasteiger partial charge in [-0.1, -0.05) is 0 Å². The van der Waals surface area contributed by atoms with Gasteiger partial charge in [0.1, 0.15) is 0 Å². The standard InChI is InChI=1S/C10H10BrClO3/c1-3-15-9-7(14-2)5-4-6(8(9)11)10(12)13/h4-5H,3H2,1-2H3. The fourth-order valence-corrected chi connectivity index (χ4v) is 2.02. The first kappa shape index (κ1) is 12.3. The lowest BCUT2D eigenvalue weighted by atomic mass is 10.2. The van der Waals surface area contributed by atoms with E-state index in [1.165, 1.54) is 7.11 Å². The molecule has 0 saturated heterocycles. The van der Waals surface area contributed by atoms with Crippen LogP contribution in [-0.4, -0.2) is 19.0 Å². The first-order valence-electron chi connectivity index (χ1n) is 4.31. The van der Waals surface area contributed by atoms with Crippen molar-refractivity contribution in [1.29, 1.82) is 0 Å². The molecule has 0 saturated carbocycles. The van der Waals surface area contributed by atoms with Crippen LogP contribution in [0.1, 0.15) is 17.3 Å². The van der Waals surface area contributed by atoms with Gasteiger partial charge in [0.05, 0.1) is 23.8 Å². The van der Waals surface area contributed by atoms with Gasteiger partial charge in [-0.2, -0.15) is 0 Å². The van der Waals surface area contributed by atoms with Crippen molar-refractivity contribution in [1.82, 2.24) is 0 Å². The van der Waals surface area contributed by atoms with E-state index in [1.54, 1.807) is 12.1 Å². The van der Waals surface area contributed by atoms with Crippen LogP contribution in [0.4, 0.5) is 0 Å². The fourth-order valence-electron chi connectivity index (χ4n) is 1.13. The Morgan fingerprint density at radius 2 is 2.20 bits per heavy atom. The second-order valence-corrected chi connectivity index (χ2v) is 3.80. The second kappa shape index (κ2) is 5.37. The molecule has 1 aromatic rings. The molecule has 82 valence electrons. The number of methoxy groups -OCH3 is 1. The van der Waals surface area contributed by atoms with E-state index < -0.39 is 5.24 Å². The molecule has 0 amide bonds. The minimum absolute atomic E-state index is 0.362. The van der Waals surface area contributed by atoms with E-state index in [0.29, 0.717) is 28.1 Å². The largest absolute Gasteiger partial charge is 0.493 e. The Balaban J connectivity index is 3.28. The number of rotatable bonds is 4. The highest BCUT2D eigenvalue weighted by Gasteiger charge is 2.16. The summed E-state index contributed by atoms with van der Waals surface area (Å²) < 4.78 is 11.0. The predicted molar refractivity (Wildman–Crippen MR) is 62.0 cm³/mol. The number of carbonyl (C=O) groups is 1. The fraction of sp³-hybridized carbons (Fsp3) is 0.300. The van der Waals surface area contributed by atoms with Gasteiger partial charge in [0.25, 0.3) is 5.24 Å². The molecule has 0 radical (unpaired) electrons. The molecule has 0 fully saturated rings. The van der Waals surface area contributed by atoms with Crippen molar-refractivity contribution >= 4 is 32.8 Å². The number of halogens is 2. The van der Waals surface area contributed by atoms with Crippen molar-refractivity contribution in [3.8, 4) is 11.5 Å². The lowest BCUT2D eigenvalue weighted by Gasteiger charge is -2.12. The quantitative estimate of drug-likeness (QED) is 0.800. The van der Waals surface area contributed by atoms with Crippen molar-refractivity contribution in [2.45, 2.75) is 6.92 Å². The maximum absolute atomic E-state index is 11.1. The Kier molecular flexibility index (Phi) is 4.42. The average Bonchev–Trinajstić information content (AvgIpc) is 2.20. The van der Waals surface area contributed by atoms with Crippen LogP contribution in [0, 0.1) is 0 Å². The lowest BCUT2D eigenvalue weighted by Crippen LogP contribution is -2.00. The van der Waals surface area contributed by atoms with Crippen LogP contribution in [-0.2, 0) is 0 Å². The minimum Gasteiger partial charge on any atom is -0.493 e. The molecule has 1 aromatic carbocycles. The molecule has 3 nitrogen and oxygen atoms in total. The van der Waals surface area contributed by atoms with Crippen molar-refractivity contribution in [3.63, 3.8) is 0 Å². The molecule has 0 unspecified atom stereocenters. The predicted octanol–water partition coefficient (Wildman–Crippen LogP) is 3.24. The van der Waals surface area contributed by atoms with Gasteiger partial charge in [0.2, 0.25) is 0 Å². The van der Waals surface area contributed by atoms with Gasteiger partial charge < -0.3 is 9.47 Å². The summed E-state index contributed by atoms with van der Waals surface area (Å²) in [7, 11) is 1.53. The maximum Gasteiger partial charge on any atom is 0.253 e. The molecular formula is C10H10BrClO3. The smallest absolute Gasteiger partial charge is 0.253 e. The van der Waals surface area contributed by atoms with E-state index in [4.69, 9.17) is 21.1 Å². The molecule has 0 N–H and O–H groups in total. The molecule has 0 aliphatic heterocycles. The van der Waals surface area contributed by atoms with Gasteiger partial charge >= 0.3 is 0 Å². The number of ether oxygens (including phenoxy) is 2. The van der Waals surface area contributed by atoms with E-state index >= 15 is 0 Å². The second-order valence-electron chi connectivity index (χ2n) is 2.67. The van der Waals surface area contributed by atoms with E-state index in [2.05, 4.69) is 15.9 Å². The van der Waals surface area contributed by atoms with E-state index in [1.807, 2.05) is 6.92 Å². The van der Waals surface area contributed by atoms with Crippen LogP contribution in [0.15, 0.2) is 16.6 Å². The van der Waals surface area contributed by atoms with E-state index in [9.17, 15) is 4.79 Å². The normalized spacial score (nSPS) is 9.87. The van der Waals surface area contributed by atoms with Crippen LogP contribution < -0.4 is 9.47 Å². The Labute approximate surface area is 101 Å². The summed E-state index contributed by atoms with van der Waals surface area (Å²) in [4.78, 5) is 11.1. The number of benzene rings is 1. The van der Waals surface area contributed by atoms with Crippen LogP contribution in [0.2, 0.25) is 0 Å². The Morgan fingerprint density at radius 3 is 2.67 bits per heavy atom. The maximum atomic E-state index is 11.1. The molecule has 0 aliphatic rings. The molecular weight excluding hydrogens is 283 g/mol. The Morgan fingerprint density at radius 1 is 1.53 bits per heavy atom. The van der Waals surface area contributed by atoms with Crippen molar-refractivity contribution in [2.75, 3.05) is 13.7 Å². The monoisotopic (exact) mass is 292 g/mol. The number of carbonyl (C=O) groups excluding carboxylic acids is 1. The third kappa shape index (κ3) is 2.63. The van der Waals surface area contributed by atoms with Gasteiger partial charge in [-0.05, 0) is 46.6 Å². The minimum atomic E-state index is -0.537. The lowest BCUT2D eigenvalue weighted by molar-refractivity contribution is 0.108. The van der Waals surface area contributed by atoms with Crippen molar-refractivity contribution in [2.24, 2.45) is 0 Å². The highest BCUT2D eigenvalue weighted by Crippen LogP contribution is 2.38. The molecule has 0 aromatic heterocycles. The summed E-state index contributed by atoms with van der Waals surface area (Å²) in [5.74, 6) is 1.05. The van der Waals surface area contributed by atoms with Gasteiger partial charge in [0.15, 0.2) is 11.5 Å². The molecule has 15 heavy (non-hydrogen) atoms. The summed E-state index contributed by atoms with van der Waals surface area (Å²) in [6, 6.07) is 3.23. The highest BCUT2D eigenvalue weighted by molar-refractivity contribution is 9.10. The Bertz CT molecular complexity index is 379. The first-order chi connectivity index (χ1) is 7.11.